The number of nitrogens with zero attached hydrogens (tertiary/aromatic N) is 1. The van der Waals surface area contributed by atoms with E-state index in [0.717, 1.165) is 22.4 Å². The fourth-order valence-electron chi connectivity index (χ4n) is 2.26. The molecule has 1 N–H and O–H groups in total. The van der Waals surface area contributed by atoms with Crippen LogP contribution in [0.15, 0.2) is 47.6 Å². The van der Waals surface area contributed by atoms with Gasteiger partial charge in [-0.15, -0.1) is 0 Å². The van der Waals surface area contributed by atoms with Crippen LogP contribution in [0.3, 0.4) is 0 Å². The predicted octanol–water partition coefficient (Wildman–Crippen LogP) is 3.69. The number of carbonyl (C=O) groups is 1. The predicted molar refractivity (Wildman–Crippen MR) is 91.2 cm³/mol. The molecule has 22 heavy (non-hydrogen) atoms. The molecule has 3 nitrogen and oxygen atoms in total. The average Bonchev–Trinajstić information content (AvgIpc) is 2.49. The van der Waals surface area contributed by atoms with Gasteiger partial charge in [-0.3, -0.25) is 4.79 Å². The Labute approximate surface area is 132 Å². The minimum absolute atomic E-state index is 0.103. The second kappa shape index (κ2) is 7.03. The molecule has 0 aliphatic carbocycles. The zero-order chi connectivity index (χ0) is 16.1. The molecule has 0 aromatic heterocycles. The number of amides is 1. The molecular formula is C19H22N2O. The second-order valence-electron chi connectivity index (χ2n) is 5.71. The Kier molecular flexibility index (Phi) is 5.10. The molecule has 1 amide bonds. The average molecular weight is 294 g/mol. The zero-order valence-corrected chi connectivity index (χ0v) is 13.6. The van der Waals surface area contributed by atoms with E-state index in [2.05, 4.69) is 28.7 Å². The SMILES string of the molecule is C/C(=N/NC(=O)Cc1ccc(C)cc1)c1cc(C)ccc1C. The molecule has 0 aliphatic heterocycles. The number of carbonyl (C=O) groups excluding carboxylic acids is 1. The highest BCUT2D eigenvalue weighted by molar-refractivity contribution is 6.00. The van der Waals surface area contributed by atoms with Crippen molar-refractivity contribution in [3.05, 3.63) is 70.3 Å². The summed E-state index contributed by atoms with van der Waals surface area (Å²) in [6.07, 6.45) is 0.337. The first-order valence-corrected chi connectivity index (χ1v) is 7.42. The highest BCUT2D eigenvalue weighted by Crippen LogP contribution is 2.11. The van der Waals surface area contributed by atoms with Gasteiger partial charge in [0.15, 0.2) is 0 Å². The van der Waals surface area contributed by atoms with Crippen molar-refractivity contribution in [2.45, 2.75) is 34.1 Å². The minimum atomic E-state index is -0.103. The highest BCUT2D eigenvalue weighted by atomic mass is 16.2. The van der Waals surface area contributed by atoms with Crippen LogP contribution in [-0.2, 0) is 11.2 Å². The van der Waals surface area contributed by atoms with Crippen molar-refractivity contribution < 1.29 is 4.79 Å². The van der Waals surface area contributed by atoms with E-state index in [1.807, 2.05) is 52.0 Å². The number of rotatable bonds is 4. The van der Waals surface area contributed by atoms with Crippen LogP contribution in [0.25, 0.3) is 0 Å². The van der Waals surface area contributed by atoms with Crippen molar-refractivity contribution in [2.75, 3.05) is 0 Å². The lowest BCUT2D eigenvalue weighted by molar-refractivity contribution is -0.120. The van der Waals surface area contributed by atoms with Gasteiger partial charge in [0.05, 0.1) is 12.1 Å². The van der Waals surface area contributed by atoms with Crippen LogP contribution < -0.4 is 5.43 Å². The van der Waals surface area contributed by atoms with Crippen molar-refractivity contribution in [1.82, 2.24) is 5.43 Å². The Morgan fingerprint density at radius 1 is 1.00 bits per heavy atom. The molecule has 114 valence electrons. The Morgan fingerprint density at radius 3 is 2.32 bits per heavy atom. The first kappa shape index (κ1) is 16.0. The quantitative estimate of drug-likeness (QED) is 0.678. The lowest BCUT2D eigenvalue weighted by Gasteiger charge is -2.07. The van der Waals surface area contributed by atoms with Crippen LogP contribution in [0.2, 0.25) is 0 Å². The lowest BCUT2D eigenvalue weighted by Crippen LogP contribution is -2.21. The topological polar surface area (TPSA) is 41.5 Å². The molecule has 0 atom stereocenters. The Hall–Kier alpha value is -2.42. The van der Waals surface area contributed by atoms with Crippen molar-refractivity contribution in [3.8, 4) is 0 Å². The first-order chi connectivity index (χ1) is 10.5. The third-order valence-electron chi connectivity index (χ3n) is 3.62. The van der Waals surface area contributed by atoms with Gasteiger partial charge in [0.1, 0.15) is 0 Å². The molecule has 3 heteroatoms. The van der Waals surface area contributed by atoms with Crippen LogP contribution >= 0.6 is 0 Å². The number of aryl methyl sites for hydroxylation is 3. The summed E-state index contributed by atoms with van der Waals surface area (Å²) in [5.41, 5.74) is 9.03. The number of hydrazone groups is 1. The molecule has 2 aromatic carbocycles. The van der Waals surface area contributed by atoms with Gasteiger partial charge in [0.2, 0.25) is 5.91 Å². The lowest BCUT2D eigenvalue weighted by atomic mass is 10.0. The van der Waals surface area contributed by atoms with Crippen LogP contribution in [0, 0.1) is 20.8 Å². The number of hydrogen-bond donors (Lipinski definition) is 1. The maximum absolute atomic E-state index is 12.0. The molecule has 0 spiro atoms. The molecule has 0 saturated heterocycles. The number of nitrogens with one attached hydrogen (secondary N) is 1. The van der Waals surface area contributed by atoms with Gasteiger partial charge in [-0.25, -0.2) is 5.43 Å². The molecule has 0 bridgehead atoms. The van der Waals surface area contributed by atoms with E-state index >= 15 is 0 Å². The number of hydrogen-bond acceptors (Lipinski definition) is 2. The maximum Gasteiger partial charge on any atom is 0.244 e. The summed E-state index contributed by atoms with van der Waals surface area (Å²) in [5.74, 6) is -0.103. The van der Waals surface area contributed by atoms with Gasteiger partial charge >= 0.3 is 0 Å². The highest BCUT2D eigenvalue weighted by Gasteiger charge is 2.05. The molecule has 0 radical (unpaired) electrons. The fourth-order valence-corrected chi connectivity index (χ4v) is 2.26. The molecule has 0 aliphatic rings. The van der Waals surface area contributed by atoms with Crippen LogP contribution in [-0.4, -0.2) is 11.6 Å². The van der Waals surface area contributed by atoms with Crippen LogP contribution in [0.4, 0.5) is 0 Å². The summed E-state index contributed by atoms with van der Waals surface area (Å²) in [6, 6.07) is 14.2. The Balaban J connectivity index is 2.02. The summed E-state index contributed by atoms with van der Waals surface area (Å²) in [5, 5.41) is 4.23. The van der Waals surface area contributed by atoms with Crippen LogP contribution in [0.5, 0.6) is 0 Å². The smallest absolute Gasteiger partial charge is 0.244 e. The Morgan fingerprint density at radius 2 is 1.64 bits per heavy atom. The van der Waals surface area contributed by atoms with Gasteiger partial charge < -0.3 is 0 Å². The van der Waals surface area contributed by atoms with E-state index in [0.29, 0.717) is 6.42 Å². The van der Waals surface area contributed by atoms with Gasteiger partial charge in [-0.1, -0.05) is 47.5 Å². The van der Waals surface area contributed by atoms with E-state index in [4.69, 9.17) is 0 Å². The van der Waals surface area contributed by atoms with E-state index < -0.39 is 0 Å². The molecule has 2 rings (SSSR count). The van der Waals surface area contributed by atoms with Crippen molar-refractivity contribution in [2.24, 2.45) is 5.10 Å². The third-order valence-corrected chi connectivity index (χ3v) is 3.62. The zero-order valence-electron chi connectivity index (χ0n) is 13.6. The van der Waals surface area contributed by atoms with E-state index in [1.54, 1.807) is 0 Å². The maximum atomic E-state index is 12.0. The second-order valence-corrected chi connectivity index (χ2v) is 5.71. The summed E-state index contributed by atoms with van der Waals surface area (Å²) in [6.45, 7) is 8.03. The van der Waals surface area contributed by atoms with Crippen molar-refractivity contribution >= 4 is 11.6 Å². The number of benzene rings is 2. The minimum Gasteiger partial charge on any atom is -0.273 e. The fraction of sp³-hybridized carbons (Fsp3) is 0.263. The monoisotopic (exact) mass is 294 g/mol. The standard InChI is InChI=1S/C19H22N2O/c1-13-6-9-17(10-7-13)12-19(22)21-20-16(4)18-11-14(2)5-8-15(18)3/h5-11H,12H2,1-4H3,(H,21,22)/b20-16-. The van der Waals surface area contributed by atoms with Crippen molar-refractivity contribution in [3.63, 3.8) is 0 Å². The third kappa shape index (κ3) is 4.29. The van der Waals surface area contributed by atoms with Gasteiger partial charge in [-0.2, -0.15) is 5.10 Å². The van der Waals surface area contributed by atoms with Gasteiger partial charge in [0.25, 0.3) is 0 Å². The summed E-state index contributed by atoms with van der Waals surface area (Å²) in [7, 11) is 0. The summed E-state index contributed by atoms with van der Waals surface area (Å²) < 4.78 is 0. The van der Waals surface area contributed by atoms with E-state index in [1.165, 1.54) is 11.1 Å². The van der Waals surface area contributed by atoms with E-state index in [9.17, 15) is 4.79 Å². The largest absolute Gasteiger partial charge is 0.273 e. The van der Waals surface area contributed by atoms with Crippen LogP contribution in [0.1, 0.15) is 34.7 Å². The summed E-state index contributed by atoms with van der Waals surface area (Å²) >= 11 is 0. The molecule has 0 unspecified atom stereocenters. The summed E-state index contributed by atoms with van der Waals surface area (Å²) in [4.78, 5) is 12.0. The molecule has 0 heterocycles. The Bertz CT molecular complexity index is 700. The first-order valence-electron chi connectivity index (χ1n) is 7.42. The molecular weight excluding hydrogens is 272 g/mol. The molecule has 0 saturated carbocycles. The normalized spacial score (nSPS) is 11.4. The molecule has 2 aromatic rings. The van der Waals surface area contributed by atoms with Crippen molar-refractivity contribution in [1.29, 1.82) is 0 Å². The van der Waals surface area contributed by atoms with E-state index in [-0.39, 0.29) is 5.91 Å². The molecule has 0 fully saturated rings. The van der Waals surface area contributed by atoms with Gasteiger partial charge in [0, 0.05) is 5.56 Å². The van der Waals surface area contributed by atoms with Gasteiger partial charge in [-0.05, 0) is 44.9 Å².